The van der Waals surface area contributed by atoms with Gasteiger partial charge in [0.25, 0.3) is 0 Å². The Labute approximate surface area is 129 Å². The van der Waals surface area contributed by atoms with E-state index in [-0.39, 0.29) is 0 Å². The summed E-state index contributed by atoms with van der Waals surface area (Å²) in [7, 11) is 0. The lowest BCUT2D eigenvalue weighted by Crippen LogP contribution is -2.30. The van der Waals surface area contributed by atoms with Gasteiger partial charge in [0.2, 0.25) is 0 Å². The van der Waals surface area contributed by atoms with Crippen LogP contribution >= 0.6 is 0 Å². The number of nitrogens with zero attached hydrogens (tertiary/aromatic N) is 2. The second-order valence-corrected chi connectivity index (χ2v) is 7.43. The Morgan fingerprint density at radius 2 is 1.90 bits per heavy atom. The second-order valence-electron chi connectivity index (χ2n) is 7.43. The minimum absolute atomic E-state index is 0.472. The van der Waals surface area contributed by atoms with Crippen molar-refractivity contribution in [2.75, 3.05) is 6.54 Å². The predicted octanol–water partition coefficient (Wildman–Crippen LogP) is 3.96. The smallest absolute Gasteiger partial charge is 0.0627 e. The van der Waals surface area contributed by atoms with Crippen LogP contribution < -0.4 is 5.32 Å². The molecular formula is C18H31N3. The molecule has 0 spiro atoms. The molecule has 2 unspecified atom stereocenters. The van der Waals surface area contributed by atoms with Crippen molar-refractivity contribution < 1.29 is 0 Å². The van der Waals surface area contributed by atoms with Crippen molar-refractivity contribution in [3.05, 3.63) is 18.0 Å². The van der Waals surface area contributed by atoms with E-state index < -0.39 is 0 Å². The normalized spacial score (nSPS) is 27.0. The lowest BCUT2D eigenvalue weighted by atomic mass is 9.84. The van der Waals surface area contributed by atoms with Gasteiger partial charge in [-0.1, -0.05) is 19.3 Å². The summed E-state index contributed by atoms with van der Waals surface area (Å²) in [5.74, 6) is 1.69. The average molecular weight is 289 g/mol. The highest BCUT2D eigenvalue weighted by atomic mass is 15.3. The lowest BCUT2D eigenvalue weighted by molar-refractivity contribution is 0.294. The maximum absolute atomic E-state index is 4.77. The Morgan fingerprint density at radius 3 is 2.57 bits per heavy atom. The molecule has 0 aromatic carbocycles. The fraction of sp³-hybridized carbons (Fsp3) is 0.833. The quantitative estimate of drug-likeness (QED) is 0.804. The number of rotatable bonds is 6. The van der Waals surface area contributed by atoms with Gasteiger partial charge < -0.3 is 5.32 Å². The van der Waals surface area contributed by atoms with E-state index in [1.165, 1.54) is 63.6 Å². The molecule has 3 nitrogen and oxygen atoms in total. The lowest BCUT2D eigenvalue weighted by Gasteiger charge is -2.25. The molecule has 3 heteroatoms. The molecule has 1 heterocycles. The van der Waals surface area contributed by atoms with E-state index in [1.54, 1.807) is 0 Å². The minimum atomic E-state index is 0.472. The first-order valence-corrected chi connectivity index (χ1v) is 9.00. The Bertz CT molecular complexity index is 433. The van der Waals surface area contributed by atoms with Gasteiger partial charge in [-0.3, -0.25) is 4.68 Å². The van der Waals surface area contributed by atoms with Gasteiger partial charge in [-0.2, -0.15) is 5.10 Å². The van der Waals surface area contributed by atoms with Gasteiger partial charge in [-0.15, -0.1) is 0 Å². The summed E-state index contributed by atoms with van der Waals surface area (Å²) in [6, 6.07) is 3.55. The van der Waals surface area contributed by atoms with Crippen molar-refractivity contribution >= 4 is 0 Å². The highest BCUT2D eigenvalue weighted by Gasteiger charge is 2.27. The zero-order valence-corrected chi connectivity index (χ0v) is 13.7. The first-order chi connectivity index (χ1) is 10.2. The molecule has 3 rings (SSSR count). The van der Waals surface area contributed by atoms with Gasteiger partial charge in [-0.05, 0) is 70.4 Å². The number of nitrogens with one attached hydrogen (secondary N) is 1. The molecule has 0 saturated heterocycles. The molecule has 118 valence electrons. The van der Waals surface area contributed by atoms with E-state index in [4.69, 9.17) is 5.10 Å². The number of hydrogen-bond donors (Lipinski definition) is 1. The van der Waals surface area contributed by atoms with Crippen LogP contribution in [0.25, 0.3) is 0 Å². The Balaban J connectivity index is 1.60. The second kappa shape index (κ2) is 6.95. The van der Waals surface area contributed by atoms with Gasteiger partial charge in [0.15, 0.2) is 0 Å². The molecule has 2 aliphatic carbocycles. The largest absolute Gasteiger partial charge is 0.314 e. The van der Waals surface area contributed by atoms with E-state index in [0.717, 1.165) is 17.9 Å². The third kappa shape index (κ3) is 4.32. The molecule has 21 heavy (non-hydrogen) atoms. The third-order valence-electron chi connectivity index (χ3n) is 5.23. The molecule has 2 fully saturated rings. The topological polar surface area (TPSA) is 29.9 Å². The standard InChI is InChI=1S/C18H31N3/c1-14(2)21-11-10-18(20-21)12-15-6-4-3-5-7-16(15)13-19-17-8-9-17/h10-11,14-17,19H,3-9,12-13H2,1-2H3. The van der Waals surface area contributed by atoms with Crippen LogP contribution in [0.4, 0.5) is 0 Å². The zero-order valence-electron chi connectivity index (χ0n) is 13.7. The molecule has 1 N–H and O–H groups in total. The van der Waals surface area contributed by atoms with Gasteiger partial charge in [0.1, 0.15) is 0 Å². The van der Waals surface area contributed by atoms with E-state index in [0.29, 0.717) is 6.04 Å². The van der Waals surface area contributed by atoms with Crippen molar-refractivity contribution in [1.29, 1.82) is 0 Å². The van der Waals surface area contributed by atoms with Crippen molar-refractivity contribution in [3.8, 4) is 0 Å². The average Bonchev–Trinajstić information content (AvgIpc) is 3.20. The molecule has 2 saturated carbocycles. The summed E-state index contributed by atoms with van der Waals surface area (Å²) in [5, 5.41) is 8.54. The van der Waals surface area contributed by atoms with Gasteiger partial charge in [0, 0.05) is 18.3 Å². The molecule has 1 aromatic heterocycles. The van der Waals surface area contributed by atoms with Crippen LogP contribution in [-0.4, -0.2) is 22.4 Å². The highest BCUT2D eigenvalue weighted by molar-refractivity contribution is 5.02. The summed E-state index contributed by atoms with van der Waals surface area (Å²) >= 11 is 0. The van der Waals surface area contributed by atoms with Crippen molar-refractivity contribution in [2.24, 2.45) is 11.8 Å². The Kier molecular flexibility index (Phi) is 4.99. The first-order valence-electron chi connectivity index (χ1n) is 9.00. The number of hydrogen-bond acceptors (Lipinski definition) is 2. The van der Waals surface area contributed by atoms with Gasteiger partial charge in [0.05, 0.1) is 5.69 Å². The molecule has 0 bridgehead atoms. The van der Waals surface area contributed by atoms with Crippen LogP contribution in [0.15, 0.2) is 12.3 Å². The summed E-state index contributed by atoms with van der Waals surface area (Å²) in [5.41, 5.74) is 1.30. The molecular weight excluding hydrogens is 258 g/mol. The van der Waals surface area contributed by atoms with Crippen molar-refractivity contribution in [2.45, 2.75) is 77.3 Å². The monoisotopic (exact) mass is 289 g/mol. The first kappa shape index (κ1) is 15.1. The van der Waals surface area contributed by atoms with Crippen molar-refractivity contribution in [3.63, 3.8) is 0 Å². The molecule has 2 aliphatic rings. The van der Waals surface area contributed by atoms with Gasteiger partial charge in [-0.25, -0.2) is 0 Å². The summed E-state index contributed by atoms with van der Waals surface area (Å²) in [6.07, 6.45) is 13.2. The summed E-state index contributed by atoms with van der Waals surface area (Å²) < 4.78 is 2.10. The van der Waals surface area contributed by atoms with Crippen LogP contribution in [0.5, 0.6) is 0 Å². The fourth-order valence-corrected chi connectivity index (χ4v) is 3.65. The van der Waals surface area contributed by atoms with Crippen LogP contribution in [0.3, 0.4) is 0 Å². The van der Waals surface area contributed by atoms with Crippen LogP contribution in [-0.2, 0) is 6.42 Å². The van der Waals surface area contributed by atoms with E-state index >= 15 is 0 Å². The Morgan fingerprint density at radius 1 is 1.14 bits per heavy atom. The molecule has 0 amide bonds. The summed E-state index contributed by atoms with van der Waals surface area (Å²) in [4.78, 5) is 0. The third-order valence-corrected chi connectivity index (χ3v) is 5.23. The SMILES string of the molecule is CC(C)n1ccc(CC2CCCCCC2CNC2CC2)n1. The maximum atomic E-state index is 4.77. The molecule has 0 aliphatic heterocycles. The molecule has 1 aromatic rings. The zero-order chi connectivity index (χ0) is 14.7. The number of aromatic nitrogens is 2. The summed E-state index contributed by atoms with van der Waals surface area (Å²) in [6.45, 7) is 5.63. The maximum Gasteiger partial charge on any atom is 0.0627 e. The molecule has 2 atom stereocenters. The van der Waals surface area contributed by atoms with E-state index in [9.17, 15) is 0 Å². The van der Waals surface area contributed by atoms with Crippen LogP contribution in [0.1, 0.15) is 70.5 Å². The predicted molar refractivity (Wildman–Crippen MR) is 87.4 cm³/mol. The minimum Gasteiger partial charge on any atom is -0.314 e. The fourth-order valence-electron chi connectivity index (χ4n) is 3.65. The highest BCUT2D eigenvalue weighted by Crippen LogP contribution is 2.32. The van der Waals surface area contributed by atoms with Gasteiger partial charge >= 0.3 is 0 Å². The van der Waals surface area contributed by atoms with Crippen LogP contribution in [0, 0.1) is 11.8 Å². The van der Waals surface area contributed by atoms with Crippen LogP contribution in [0.2, 0.25) is 0 Å². The Hall–Kier alpha value is -0.830. The van der Waals surface area contributed by atoms with E-state index in [1.807, 2.05) is 0 Å². The van der Waals surface area contributed by atoms with E-state index in [2.05, 4.69) is 36.1 Å². The van der Waals surface area contributed by atoms with Crippen molar-refractivity contribution in [1.82, 2.24) is 15.1 Å². The molecule has 0 radical (unpaired) electrons.